The second-order valence-electron chi connectivity index (χ2n) is 7.84. The Morgan fingerprint density at radius 1 is 1.23 bits per heavy atom. The van der Waals surface area contributed by atoms with Crippen molar-refractivity contribution in [3.63, 3.8) is 0 Å². The molecule has 1 amide bonds. The van der Waals surface area contributed by atoms with Gasteiger partial charge in [-0.1, -0.05) is 12.1 Å². The first-order valence-electron chi connectivity index (χ1n) is 10.9. The molecular weight excluding hydrogens is 407 g/mol. The summed E-state index contributed by atoms with van der Waals surface area (Å²) >= 11 is 0. The second kappa shape index (κ2) is 12.5. The maximum absolute atomic E-state index is 12.5. The van der Waals surface area contributed by atoms with E-state index in [1.165, 1.54) is 4.90 Å². The van der Waals surface area contributed by atoms with E-state index in [1.54, 1.807) is 13.1 Å². The first-order valence-corrected chi connectivity index (χ1v) is 10.9. The molecule has 9 heteroatoms. The second-order valence-corrected chi connectivity index (χ2v) is 7.84. The first kappa shape index (κ1) is 25.0. The number of aliphatic imine (C=N–C) groups is 1. The number of guanidine groups is 1. The van der Waals surface area contributed by atoms with E-state index in [-0.39, 0.29) is 5.91 Å². The topological polar surface area (TPSA) is 68.8 Å². The average Bonchev–Trinajstić information content (AvgIpc) is 2.73. The SMILES string of the molecule is CCNC(=NCCC1CCN(CC(F)(F)F)CC1)NCCc1cccc(C(=O)NC)c1. The van der Waals surface area contributed by atoms with Crippen LogP contribution in [-0.4, -0.2) is 69.3 Å². The number of halogens is 3. The fourth-order valence-corrected chi connectivity index (χ4v) is 3.73. The molecule has 1 aliphatic heterocycles. The van der Waals surface area contributed by atoms with Gasteiger partial charge in [0.1, 0.15) is 0 Å². The van der Waals surface area contributed by atoms with Crippen LogP contribution in [0.5, 0.6) is 0 Å². The fraction of sp³-hybridized carbons (Fsp3) is 0.636. The fourth-order valence-electron chi connectivity index (χ4n) is 3.73. The van der Waals surface area contributed by atoms with Crippen LogP contribution in [0.4, 0.5) is 13.2 Å². The van der Waals surface area contributed by atoms with E-state index in [0.29, 0.717) is 37.7 Å². The van der Waals surface area contributed by atoms with E-state index in [9.17, 15) is 18.0 Å². The molecule has 1 aromatic rings. The lowest BCUT2D eigenvalue weighted by Gasteiger charge is -2.32. The number of carbonyl (C=O) groups excluding carboxylic acids is 1. The highest BCUT2D eigenvalue weighted by Crippen LogP contribution is 2.24. The van der Waals surface area contributed by atoms with E-state index in [0.717, 1.165) is 43.8 Å². The maximum Gasteiger partial charge on any atom is 0.401 e. The quantitative estimate of drug-likeness (QED) is 0.407. The lowest BCUT2D eigenvalue weighted by atomic mass is 9.93. The number of likely N-dealkylation sites (tertiary alicyclic amines) is 1. The first-order chi connectivity index (χ1) is 14.8. The minimum atomic E-state index is -4.12. The van der Waals surface area contributed by atoms with Crippen molar-refractivity contribution in [3.05, 3.63) is 35.4 Å². The Morgan fingerprint density at radius 3 is 2.61 bits per heavy atom. The maximum atomic E-state index is 12.5. The average molecular weight is 442 g/mol. The molecule has 3 N–H and O–H groups in total. The zero-order valence-electron chi connectivity index (χ0n) is 18.4. The van der Waals surface area contributed by atoms with E-state index < -0.39 is 12.7 Å². The van der Waals surface area contributed by atoms with Crippen molar-refractivity contribution in [3.8, 4) is 0 Å². The molecule has 1 aromatic carbocycles. The summed E-state index contributed by atoms with van der Waals surface area (Å²) in [7, 11) is 1.61. The molecule has 0 unspecified atom stereocenters. The van der Waals surface area contributed by atoms with Gasteiger partial charge in [0.05, 0.1) is 6.54 Å². The van der Waals surface area contributed by atoms with Gasteiger partial charge in [0, 0.05) is 32.2 Å². The number of carbonyl (C=O) groups is 1. The van der Waals surface area contributed by atoms with Crippen molar-refractivity contribution >= 4 is 11.9 Å². The molecule has 0 radical (unpaired) electrons. The predicted octanol–water partition coefficient (Wildman–Crippen LogP) is 2.81. The molecule has 1 heterocycles. The zero-order chi connectivity index (χ0) is 22.7. The highest BCUT2D eigenvalue weighted by Gasteiger charge is 2.32. The molecule has 174 valence electrons. The number of benzene rings is 1. The van der Waals surface area contributed by atoms with Crippen molar-refractivity contribution in [1.29, 1.82) is 0 Å². The van der Waals surface area contributed by atoms with Crippen LogP contribution in [0, 0.1) is 5.92 Å². The number of nitrogens with one attached hydrogen (secondary N) is 3. The number of hydrogen-bond acceptors (Lipinski definition) is 3. The minimum Gasteiger partial charge on any atom is -0.357 e. The molecule has 2 rings (SSSR count). The van der Waals surface area contributed by atoms with E-state index in [1.807, 2.05) is 25.1 Å². The highest BCUT2D eigenvalue weighted by molar-refractivity contribution is 5.94. The van der Waals surface area contributed by atoms with Gasteiger partial charge < -0.3 is 16.0 Å². The smallest absolute Gasteiger partial charge is 0.357 e. The summed E-state index contributed by atoms with van der Waals surface area (Å²) in [6.45, 7) is 4.26. The Labute approximate surface area is 182 Å². The summed E-state index contributed by atoms with van der Waals surface area (Å²) < 4.78 is 37.5. The molecular formula is C22H34F3N5O. The number of alkyl halides is 3. The van der Waals surface area contributed by atoms with Crippen LogP contribution < -0.4 is 16.0 Å². The predicted molar refractivity (Wildman–Crippen MR) is 117 cm³/mol. The Morgan fingerprint density at radius 2 is 1.97 bits per heavy atom. The van der Waals surface area contributed by atoms with Crippen molar-refractivity contribution in [2.45, 2.75) is 38.8 Å². The van der Waals surface area contributed by atoms with E-state index >= 15 is 0 Å². The van der Waals surface area contributed by atoms with Gasteiger partial charge in [0.25, 0.3) is 5.91 Å². The Balaban J connectivity index is 1.74. The van der Waals surface area contributed by atoms with E-state index in [4.69, 9.17) is 0 Å². The van der Waals surface area contributed by atoms with Crippen LogP contribution in [0.3, 0.4) is 0 Å². The van der Waals surface area contributed by atoms with Gasteiger partial charge in [0.2, 0.25) is 0 Å². The third kappa shape index (κ3) is 9.59. The van der Waals surface area contributed by atoms with Crippen LogP contribution in [0.15, 0.2) is 29.3 Å². The van der Waals surface area contributed by atoms with E-state index in [2.05, 4.69) is 20.9 Å². The van der Waals surface area contributed by atoms with Gasteiger partial charge >= 0.3 is 6.18 Å². The summed E-state index contributed by atoms with van der Waals surface area (Å²) in [4.78, 5) is 17.9. The van der Waals surface area contributed by atoms with Gasteiger partial charge in [-0.2, -0.15) is 13.2 Å². The van der Waals surface area contributed by atoms with Crippen LogP contribution in [0.2, 0.25) is 0 Å². The number of rotatable bonds is 9. The van der Waals surface area contributed by atoms with Crippen LogP contribution in [-0.2, 0) is 6.42 Å². The van der Waals surface area contributed by atoms with Crippen LogP contribution >= 0.6 is 0 Å². The molecule has 0 atom stereocenters. The number of nitrogens with zero attached hydrogens (tertiary/aromatic N) is 2. The standard InChI is InChI=1S/C22H34F3N5O/c1-3-27-21(29-12-8-18-5-4-6-19(15-18)20(31)26-2)28-11-7-17-9-13-30(14-10-17)16-22(23,24)25/h4-6,15,17H,3,7-14,16H2,1-2H3,(H,26,31)(H2,27,28,29). The molecule has 1 aliphatic rings. The number of hydrogen-bond donors (Lipinski definition) is 3. The van der Waals surface area contributed by atoms with Gasteiger partial charge in [0.15, 0.2) is 5.96 Å². The summed E-state index contributed by atoms with van der Waals surface area (Å²) in [5, 5.41) is 9.15. The van der Waals surface area contributed by atoms with Crippen LogP contribution in [0.25, 0.3) is 0 Å². The lowest BCUT2D eigenvalue weighted by Crippen LogP contribution is -2.40. The summed E-state index contributed by atoms with van der Waals surface area (Å²) in [6.07, 6.45) is -0.903. The van der Waals surface area contributed by atoms with Gasteiger partial charge in [-0.15, -0.1) is 0 Å². The van der Waals surface area contributed by atoms with Gasteiger partial charge in [-0.05, 0) is 69.3 Å². The minimum absolute atomic E-state index is 0.103. The van der Waals surface area contributed by atoms with Crippen molar-refractivity contribution in [1.82, 2.24) is 20.9 Å². The van der Waals surface area contributed by atoms with Crippen molar-refractivity contribution < 1.29 is 18.0 Å². The molecule has 0 spiro atoms. The van der Waals surface area contributed by atoms with Crippen LogP contribution in [0.1, 0.15) is 42.1 Å². The Hall–Kier alpha value is -2.29. The van der Waals surface area contributed by atoms with Gasteiger partial charge in [-0.3, -0.25) is 14.7 Å². The molecule has 0 aromatic heterocycles. The molecule has 0 saturated carbocycles. The molecule has 0 aliphatic carbocycles. The largest absolute Gasteiger partial charge is 0.401 e. The number of piperidine rings is 1. The summed E-state index contributed by atoms with van der Waals surface area (Å²) in [5.74, 6) is 1.05. The summed E-state index contributed by atoms with van der Waals surface area (Å²) in [5.41, 5.74) is 1.71. The number of amides is 1. The molecule has 0 bridgehead atoms. The monoisotopic (exact) mass is 441 g/mol. The Kier molecular flexibility index (Phi) is 10.1. The summed E-state index contributed by atoms with van der Waals surface area (Å²) in [6, 6.07) is 7.53. The van der Waals surface area contributed by atoms with Crippen molar-refractivity contribution in [2.75, 3.05) is 46.3 Å². The third-order valence-electron chi connectivity index (χ3n) is 5.38. The molecule has 31 heavy (non-hydrogen) atoms. The van der Waals surface area contributed by atoms with Gasteiger partial charge in [-0.25, -0.2) is 0 Å². The van der Waals surface area contributed by atoms with Crippen molar-refractivity contribution in [2.24, 2.45) is 10.9 Å². The molecule has 1 saturated heterocycles. The normalized spacial score (nSPS) is 16.2. The third-order valence-corrected chi connectivity index (χ3v) is 5.38. The highest BCUT2D eigenvalue weighted by atomic mass is 19.4. The Bertz CT molecular complexity index is 715. The molecule has 6 nitrogen and oxygen atoms in total. The lowest BCUT2D eigenvalue weighted by molar-refractivity contribution is -0.148. The zero-order valence-corrected chi connectivity index (χ0v) is 18.4. The molecule has 1 fully saturated rings.